The van der Waals surface area contributed by atoms with Crippen LogP contribution in [0.2, 0.25) is 0 Å². The SMILES string of the molecule is COc1cc([C@@H]2C(=O)N(C)C(=N)N[C@]2(C)c2cc(-c3cc(F)cc(C#N)c3)cs2)cc(OC)c1OC. The van der Waals surface area contributed by atoms with Crippen molar-refractivity contribution in [3.8, 4) is 34.4 Å². The fourth-order valence-electron chi connectivity index (χ4n) is 4.48. The first-order chi connectivity index (χ1) is 17.2. The van der Waals surface area contributed by atoms with E-state index < -0.39 is 17.3 Å². The Morgan fingerprint density at radius 3 is 2.33 bits per heavy atom. The Morgan fingerprint density at radius 2 is 1.75 bits per heavy atom. The summed E-state index contributed by atoms with van der Waals surface area (Å²) in [7, 11) is 6.05. The molecule has 0 spiro atoms. The van der Waals surface area contributed by atoms with Crippen LogP contribution in [0.4, 0.5) is 4.39 Å². The van der Waals surface area contributed by atoms with E-state index in [-0.39, 0.29) is 17.4 Å². The number of halogens is 1. The second kappa shape index (κ2) is 9.51. The lowest BCUT2D eigenvalue weighted by molar-refractivity contribution is -0.131. The topological polar surface area (TPSA) is 108 Å². The van der Waals surface area contributed by atoms with Crippen molar-refractivity contribution < 1.29 is 23.4 Å². The minimum absolute atomic E-state index is 0.0429. The van der Waals surface area contributed by atoms with E-state index in [2.05, 4.69) is 5.32 Å². The maximum atomic E-state index is 14.1. The predicted molar refractivity (Wildman–Crippen MR) is 134 cm³/mol. The van der Waals surface area contributed by atoms with Gasteiger partial charge in [0.1, 0.15) is 5.82 Å². The van der Waals surface area contributed by atoms with E-state index in [0.717, 1.165) is 4.88 Å². The molecule has 0 aliphatic carbocycles. The average molecular weight is 509 g/mol. The van der Waals surface area contributed by atoms with Gasteiger partial charge in [-0.3, -0.25) is 15.1 Å². The van der Waals surface area contributed by atoms with Crippen LogP contribution in [0.15, 0.2) is 41.8 Å². The number of benzene rings is 2. The maximum absolute atomic E-state index is 14.1. The lowest BCUT2D eigenvalue weighted by atomic mass is 9.76. The van der Waals surface area contributed by atoms with Gasteiger partial charge in [0, 0.05) is 11.9 Å². The van der Waals surface area contributed by atoms with Gasteiger partial charge in [-0.1, -0.05) is 0 Å². The minimum Gasteiger partial charge on any atom is -0.493 e. The molecule has 3 aromatic rings. The predicted octanol–water partition coefficient (Wildman–Crippen LogP) is 4.45. The first kappa shape index (κ1) is 25.0. The molecule has 1 saturated heterocycles. The van der Waals surface area contributed by atoms with Crippen LogP contribution < -0.4 is 19.5 Å². The molecule has 0 saturated carbocycles. The third-order valence-electron chi connectivity index (χ3n) is 6.36. The zero-order valence-corrected chi connectivity index (χ0v) is 21.2. The number of guanidine groups is 1. The van der Waals surface area contributed by atoms with Gasteiger partial charge in [-0.15, -0.1) is 11.3 Å². The van der Waals surface area contributed by atoms with E-state index >= 15 is 0 Å². The van der Waals surface area contributed by atoms with Gasteiger partial charge in [0.25, 0.3) is 0 Å². The summed E-state index contributed by atoms with van der Waals surface area (Å²) in [6.07, 6.45) is 0. The minimum atomic E-state index is -1.03. The molecule has 0 radical (unpaired) electrons. The van der Waals surface area contributed by atoms with Crippen LogP contribution in [-0.2, 0) is 10.3 Å². The van der Waals surface area contributed by atoms with Gasteiger partial charge in [0.05, 0.1) is 44.4 Å². The number of likely N-dealkylation sites (N-methyl/N-ethyl adjacent to an activating group) is 1. The number of nitriles is 1. The first-order valence-electron chi connectivity index (χ1n) is 10.9. The zero-order valence-electron chi connectivity index (χ0n) is 20.4. The van der Waals surface area contributed by atoms with E-state index in [1.165, 1.54) is 56.7 Å². The van der Waals surface area contributed by atoms with Crippen LogP contribution in [0.1, 0.15) is 28.8 Å². The smallest absolute Gasteiger partial charge is 0.239 e. The Hall–Kier alpha value is -4.10. The second-order valence-electron chi connectivity index (χ2n) is 8.50. The molecular formula is C26H25FN4O4S. The highest BCUT2D eigenvalue weighted by molar-refractivity contribution is 7.10. The van der Waals surface area contributed by atoms with E-state index in [0.29, 0.717) is 33.9 Å². The normalized spacial score (nSPS) is 19.5. The Morgan fingerprint density at radius 1 is 1.08 bits per heavy atom. The van der Waals surface area contributed by atoms with Crippen LogP contribution in [0.5, 0.6) is 17.2 Å². The number of methoxy groups -OCH3 is 3. The summed E-state index contributed by atoms with van der Waals surface area (Å²) < 4.78 is 30.6. The molecule has 0 unspecified atom stereocenters. The average Bonchev–Trinajstić information content (AvgIpc) is 3.37. The number of carbonyl (C=O) groups is 1. The number of nitrogens with zero attached hydrogens (tertiary/aromatic N) is 2. The summed E-state index contributed by atoms with van der Waals surface area (Å²) in [6, 6.07) is 11.4. The quantitative estimate of drug-likeness (QED) is 0.510. The Kier molecular flexibility index (Phi) is 6.61. The van der Waals surface area contributed by atoms with Crippen LogP contribution in [0.25, 0.3) is 11.1 Å². The number of ether oxygens (including phenoxy) is 3. The van der Waals surface area contributed by atoms with Gasteiger partial charge in [0.15, 0.2) is 17.5 Å². The summed E-state index contributed by atoms with van der Waals surface area (Å²) in [4.78, 5) is 15.6. The second-order valence-corrected chi connectivity index (χ2v) is 9.42. The van der Waals surface area contributed by atoms with Crippen LogP contribution in [0.3, 0.4) is 0 Å². The number of hydrogen-bond acceptors (Lipinski definition) is 7. The fourth-order valence-corrected chi connectivity index (χ4v) is 5.55. The van der Waals surface area contributed by atoms with Gasteiger partial charge in [-0.2, -0.15) is 5.26 Å². The highest BCUT2D eigenvalue weighted by atomic mass is 32.1. The summed E-state index contributed by atoms with van der Waals surface area (Å²) in [5, 5.41) is 22.7. The van der Waals surface area contributed by atoms with Gasteiger partial charge < -0.3 is 19.5 Å². The molecule has 0 bridgehead atoms. The zero-order chi connectivity index (χ0) is 26.2. The molecule has 2 heterocycles. The lowest BCUT2D eigenvalue weighted by Crippen LogP contribution is -2.62. The lowest BCUT2D eigenvalue weighted by Gasteiger charge is -2.45. The molecule has 1 amide bonds. The Labute approximate surface area is 212 Å². The first-order valence-corrected chi connectivity index (χ1v) is 11.8. The number of carbonyl (C=O) groups excluding carboxylic acids is 1. The molecule has 1 aromatic heterocycles. The van der Waals surface area contributed by atoms with Crippen molar-refractivity contribution in [2.24, 2.45) is 0 Å². The molecule has 4 rings (SSSR count). The van der Waals surface area contributed by atoms with Gasteiger partial charge >= 0.3 is 0 Å². The van der Waals surface area contributed by atoms with Gasteiger partial charge in [-0.25, -0.2) is 4.39 Å². The highest BCUT2D eigenvalue weighted by Crippen LogP contribution is 2.48. The molecule has 1 aliphatic rings. The molecule has 36 heavy (non-hydrogen) atoms. The standard InChI is InChI=1S/C26H25FN4O4S/c1-26(21-11-17(13-36-21)15-6-14(12-28)7-18(27)8-15)22(24(32)31(2)25(29)30-26)16-9-19(33-3)23(35-5)20(10-16)34-4/h6-11,13,22H,1-5H3,(H2,29,30)/t22-,26-/m1/s1. The molecule has 2 atom stereocenters. The third-order valence-corrected chi connectivity index (χ3v) is 7.53. The summed E-state index contributed by atoms with van der Waals surface area (Å²) in [5.41, 5.74) is 1.05. The number of rotatable bonds is 6. The van der Waals surface area contributed by atoms with Crippen molar-refractivity contribution in [2.45, 2.75) is 18.4 Å². The monoisotopic (exact) mass is 508 g/mol. The Bertz CT molecular complexity index is 1370. The molecule has 2 N–H and O–H groups in total. The molecular weight excluding hydrogens is 483 g/mol. The molecule has 10 heteroatoms. The largest absolute Gasteiger partial charge is 0.493 e. The maximum Gasteiger partial charge on any atom is 0.239 e. The van der Waals surface area contributed by atoms with Gasteiger partial charge in [0.2, 0.25) is 11.7 Å². The van der Waals surface area contributed by atoms with Crippen molar-refractivity contribution in [3.05, 3.63) is 63.6 Å². The fraction of sp³-hybridized carbons (Fsp3) is 0.269. The van der Waals surface area contributed by atoms with E-state index in [1.807, 2.05) is 24.4 Å². The van der Waals surface area contributed by atoms with Crippen LogP contribution >= 0.6 is 11.3 Å². The third kappa shape index (κ3) is 4.12. The molecule has 186 valence electrons. The summed E-state index contributed by atoms with van der Waals surface area (Å²) >= 11 is 1.38. The van der Waals surface area contributed by atoms with Crippen molar-refractivity contribution in [1.82, 2.24) is 10.2 Å². The van der Waals surface area contributed by atoms with E-state index in [1.54, 1.807) is 18.2 Å². The van der Waals surface area contributed by atoms with Crippen molar-refractivity contribution in [1.29, 1.82) is 10.7 Å². The summed E-state index contributed by atoms with van der Waals surface area (Å²) in [5.74, 6) is -0.393. The molecule has 2 aromatic carbocycles. The van der Waals surface area contributed by atoms with E-state index in [9.17, 15) is 14.4 Å². The van der Waals surface area contributed by atoms with Crippen LogP contribution in [0, 0.1) is 22.6 Å². The number of hydrogen-bond donors (Lipinski definition) is 2. The number of thiophene rings is 1. The molecule has 1 aliphatic heterocycles. The molecule has 1 fully saturated rings. The number of nitrogens with one attached hydrogen (secondary N) is 2. The van der Waals surface area contributed by atoms with Crippen molar-refractivity contribution in [2.75, 3.05) is 28.4 Å². The number of amides is 1. The van der Waals surface area contributed by atoms with Crippen molar-refractivity contribution in [3.63, 3.8) is 0 Å². The molecule has 8 nitrogen and oxygen atoms in total. The van der Waals surface area contributed by atoms with Gasteiger partial charge in [-0.05, 0) is 65.4 Å². The van der Waals surface area contributed by atoms with E-state index in [4.69, 9.17) is 19.6 Å². The highest BCUT2D eigenvalue weighted by Gasteiger charge is 2.49. The van der Waals surface area contributed by atoms with Crippen LogP contribution in [-0.4, -0.2) is 45.1 Å². The summed E-state index contributed by atoms with van der Waals surface area (Å²) in [6.45, 7) is 1.85. The van der Waals surface area contributed by atoms with Crippen molar-refractivity contribution >= 4 is 23.2 Å². The Balaban J connectivity index is 1.87.